The number of anilines is 1. The van der Waals surface area contributed by atoms with Gasteiger partial charge in [-0.3, -0.25) is 19.3 Å². The van der Waals surface area contributed by atoms with E-state index in [4.69, 9.17) is 4.42 Å². The fourth-order valence-electron chi connectivity index (χ4n) is 3.88. The zero-order chi connectivity index (χ0) is 21.4. The number of hydrogen-bond acceptors (Lipinski definition) is 6. The number of carbonyl (C=O) groups excluding carboxylic acids is 3. The van der Waals surface area contributed by atoms with Crippen molar-refractivity contribution >= 4 is 34.8 Å². The molecule has 7 heteroatoms. The molecule has 0 unspecified atom stereocenters. The molecule has 4 rings (SSSR count). The Morgan fingerprint density at radius 3 is 2.17 bits per heavy atom. The second-order valence-corrected chi connectivity index (χ2v) is 7.00. The predicted octanol–water partition coefficient (Wildman–Crippen LogP) is 3.25. The minimum Gasteiger partial charge on any atom is -0.422 e. The van der Waals surface area contributed by atoms with Crippen LogP contribution in [0.15, 0.2) is 51.7 Å². The molecule has 152 valence electrons. The molecule has 0 spiro atoms. The van der Waals surface area contributed by atoms with Crippen molar-refractivity contribution in [3.63, 3.8) is 0 Å². The molecule has 0 fully saturated rings. The lowest BCUT2D eigenvalue weighted by molar-refractivity contribution is 0.0642. The van der Waals surface area contributed by atoms with Gasteiger partial charge >= 0.3 is 5.63 Å². The van der Waals surface area contributed by atoms with Gasteiger partial charge in [-0.25, -0.2) is 4.79 Å². The van der Waals surface area contributed by atoms with E-state index in [-0.39, 0.29) is 29.5 Å². The third-order valence-electron chi connectivity index (χ3n) is 5.43. The summed E-state index contributed by atoms with van der Waals surface area (Å²) in [6, 6.07) is 11.8. The van der Waals surface area contributed by atoms with E-state index >= 15 is 0 Å². The third kappa shape index (κ3) is 2.99. The van der Waals surface area contributed by atoms with Crippen molar-refractivity contribution in [2.45, 2.75) is 20.4 Å². The predicted molar refractivity (Wildman–Crippen MR) is 112 cm³/mol. The molecule has 0 aliphatic carbocycles. The van der Waals surface area contributed by atoms with Gasteiger partial charge in [-0.05, 0) is 44.2 Å². The molecule has 0 atom stereocenters. The van der Waals surface area contributed by atoms with Crippen molar-refractivity contribution in [1.29, 1.82) is 0 Å². The molecule has 0 saturated heterocycles. The molecule has 1 aromatic heterocycles. The van der Waals surface area contributed by atoms with E-state index in [1.165, 1.54) is 11.0 Å². The number of fused-ring (bicyclic) bond motifs is 2. The highest BCUT2D eigenvalue weighted by atomic mass is 16.4. The lowest BCUT2D eigenvalue weighted by atomic mass is 10.1. The second-order valence-electron chi connectivity index (χ2n) is 7.00. The summed E-state index contributed by atoms with van der Waals surface area (Å²) in [6.07, 6.45) is 0.452. The lowest BCUT2D eigenvalue weighted by Crippen LogP contribution is -2.31. The van der Waals surface area contributed by atoms with Crippen LogP contribution in [0.1, 0.15) is 50.5 Å². The van der Waals surface area contributed by atoms with E-state index in [0.717, 1.165) is 5.69 Å². The van der Waals surface area contributed by atoms with E-state index in [9.17, 15) is 19.2 Å². The van der Waals surface area contributed by atoms with E-state index in [1.807, 2.05) is 19.9 Å². The maximum Gasteiger partial charge on any atom is 0.346 e. The van der Waals surface area contributed by atoms with E-state index in [0.29, 0.717) is 41.5 Å². The molecule has 0 bridgehead atoms. The number of amides is 2. The van der Waals surface area contributed by atoms with Crippen LogP contribution in [0, 0.1) is 0 Å². The van der Waals surface area contributed by atoms with Gasteiger partial charge in [-0.15, -0.1) is 0 Å². The summed E-state index contributed by atoms with van der Waals surface area (Å²) in [7, 11) is 0. The Balaban J connectivity index is 1.90. The van der Waals surface area contributed by atoms with Crippen LogP contribution in [0.2, 0.25) is 0 Å². The van der Waals surface area contributed by atoms with E-state index in [2.05, 4.69) is 4.90 Å². The number of benzene rings is 2. The van der Waals surface area contributed by atoms with E-state index in [1.54, 1.807) is 30.3 Å². The van der Waals surface area contributed by atoms with Gasteiger partial charge in [0.05, 0.1) is 17.7 Å². The second kappa shape index (κ2) is 7.59. The number of imide groups is 1. The van der Waals surface area contributed by atoms with Crippen LogP contribution in [0.4, 0.5) is 5.69 Å². The lowest BCUT2D eigenvalue weighted by Gasteiger charge is -2.26. The quantitative estimate of drug-likeness (QED) is 0.356. The van der Waals surface area contributed by atoms with Crippen LogP contribution in [0.25, 0.3) is 11.0 Å². The monoisotopic (exact) mass is 404 g/mol. The van der Waals surface area contributed by atoms with Crippen molar-refractivity contribution in [3.05, 3.63) is 75.1 Å². The van der Waals surface area contributed by atoms with Crippen molar-refractivity contribution in [3.8, 4) is 0 Å². The third-order valence-corrected chi connectivity index (χ3v) is 5.43. The molecule has 7 nitrogen and oxygen atoms in total. The Morgan fingerprint density at radius 1 is 0.967 bits per heavy atom. The SMILES string of the molecule is CCN(CC)c1ccc2cc(C=O)c(=O)oc2c1CN1C(=O)c2ccccc2C1=O. The molecule has 2 amide bonds. The van der Waals surface area contributed by atoms with Gasteiger partial charge in [0.1, 0.15) is 11.1 Å². The largest absolute Gasteiger partial charge is 0.422 e. The fourth-order valence-corrected chi connectivity index (χ4v) is 3.88. The fraction of sp³-hybridized carbons (Fsp3) is 0.217. The summed E-state index contributed by atoms with van der Waals surface area (Å²) in [4.78, 5) is 52.4. The maximum atomic E-state index is 12.9. The maximum absolute atomic E-state index is 12.9. The Morgan fingerprint density at radius 2 is 1.60 bits per heavy atom. The van der Waals surface area contributed by atoms with Crippen molar-refractivity contribution < 1.29 is 18.8 Å². The van der Waals surface area contributed by atoms with Crippen LogP contribution in [-0.4, -0.2) is 36.1 Å². The number of rotatable bonds is 6. The van der Waals surface area contributed by atoms with E-state index < -0.39 is 5.63 Å². The van der Waals surface area contributed by atoms with Crippen molar-refractivity contribution in [2.24, 2.45) is 0 Å². The Kier molecular flexibility index (Phi) is 4.95. The standard InChI is InChI=1S/C23H20N2O5/c1-3-24(4-2)19-10-9-14-11-15(13-26)23(29)30-20(14)18(19)12-25-21(27)16-7-5-6-8-17(16)22(25)28/h5-11,13H,3-4,12H2,1-2H3. The zero-order valence-corrected chi connectivity index (χ0v) is 16.7. The minimum atomic E-state index is -0.752. The highest BCUT2D eigenvalue weighted by molar-refractivity contribution is 6.21. The topological polar surface area (TPSA) is 87.9 Å². The minimum absolute atomic E-state index is 0.0428. The average molecular weight is 404 g/mol. The first kappa shape index (κ1) is 19.6. The molecule has 1 aliphatic rings. The summed E-state index contributed by atoms with van der Waals surface area (Å²) < 4.78 is 5.49. The first-order valence-electron chi connectivity index (χ1n) is 9.75. The molecule has 0 radical (unpaired) electrons. The first-order chi connectivity index (χ1) is 14.5. The van der Waals surface area contributed by atoms with Crippen LogP contribution >= 0.6 is 0 Å². The molecule has 2 heterocycles. The Labute approximate surface area is 172 Å². The van der Waals surface area contributed by atoms with Crippen LogP contribution < -0.4 is 10.5 Å². The van der Waals surface area contributed by atoms with Crippen molar-refractivity contribution in [2.75, 3.05) is 18.0 Å². The number of carbonyl (C=O) groups is 3. The van der Waals surface area contributed by atoms with Gasteiger partial charge in [0, 0.05) is 29.7 Å². The van der Waals surface area contributed by atoms with Gasteiger partial charge in [0.25, 0.3) is 11.8 Å². The summed E-state index contributed by atoms with van der Waals surface area (Å²) in [5, 5.41) is 0.555. The first-order valence-corrected chi connectivity index (χ1v) is 9.75. The average Bonchev–Trinajstić information content (AvgIpc) is 3.00. The highest BCUT2D eigenvalue weighted by Crippen LogP contribution is 2.33. The number of hydrogen-bond donors (Lipinski definition) is 0. The van der Waals surface area contributed by atoms with Gasteiger partial charge in [-0.2, -0.15) is 0 Å². The Hall–Kier alpha value is -3.74. The van der Waals surface area contributed by atoms with Crippen LogP contribution in [0.3, 0.4) is 0 Å². The Bertz CT molecular complexity index is 1210. The molecular formula is C23H20N2O5. The molecule has 0 N–H and O–H groups in total. The van der Waals surface area contributed by atoms with Gasteiger partial charge in [0.15, 0.2) is 6.29 Å². The highest BCUT2D eigenvalue weighted by Gasteiger charge is 2.36. The summed E-state index contributed by atoms with van der Waals surface area (Å²) in [5.74, 6) is -0.769. The molecule has 30 heavy (non-hydrogen) atoms. The number of aldehydes is 1. The molecular weight excluding hydrogens is 384 g/mol. The molecule has 1 aliphatic heterocycles. The van der Waals surface area contributed by atoms with Gasteiger partial charge in [0.2, 0.25) is 0 Å². The van der Waals surface area contributed by atoms with Gasteiger partial charge < -0.3 is 9.32 Å². The van der Waals surface area contributed by atoms with Crippen molar-refractivity contribution in [1.82, 2.24) is 4.90 Å². The smallest absolute Gasteiger partial charge is 0.346 e. The number of nitrogens with zero attached hydrogens (tertiary/aromatic N) is 2. The summed E-state index contributed by atoms with van der Waals surface area (Å²) >= 11 is 0. The summed E-state index contributed by atoms with van der Waals surface area (Å²) in [6.45, 7) is 5.32. The molecule has 3 aromatic rings. The summed E-state index contributed by atoms with van der Waals surface area (Å²) in [5.41, 5.74) is 1.48. The zero-order valence-electron chi connectivity index (χ0n) is 16.7. The van der Waals surface area contributed by atoms with Gasteiger partial charge in [-0.1, -0.05) is 12.1 Å². The van der Waals surface area contributed by atoms with Crippen LogP contribution in [0.5, 0.6) is 0 Å². The molecule has 2 aromatic carbocycles. The normalized spacial score (nSPS) is 13.1. The van der Waals surface area contributed by atoms with Crippen LogP contribution in [-0.2, 0) is 6.54 Å². The molecule has 0 saturated carbocycles.